The molecule has 3 heteroatoms. The number of aromatic nitrogens is 3. The van der Waals surface area contributed by atoms with Crippen LogP contribution in [0.15, 0.2) is 310 Å². The highest BCUT2D eigenvalue weighted by Crippen LogP contribution is 2.63. The minimum atomic E-state index is -1.11. The highest BCUT2D eigenvalue weighted by molar-refractivity contribution is 6.14. The van der Waals surface area contributed by atoms with Crippen LogP contribution in [-0.4, -0.2) is 0 Å². The van der Waals surface area contributed by atoms with Crippen LogP contribution < -0.4 is 13.7 Å². The first-order valence-corrected chi connectivity index (χ1v) is 31.6. The van der Waals surface area contributed by atoms with Gasteiger partial charge in [-0.05, 0) is 173 Å². The van der Waals surface area contributed by atoms with E-state index in [-0.39, 0.29) is 0 Å². The van der Waals surface area contributed by atoms with Gasteiger partial charge in [0.15, 0.2) is 18.6 Å². The Bertz CT molecular complexity index is 5490. The molecule has 4 aliphatic carbocycles. The summed E-state index contributed by atoms with van der Waals surface area (Å²) in [5, 5.41) is 0. The van der Waals surface area contributed by atoms with Crippen LogP contribution in [0.2, 0.25) is 0 Å². The molecule has 2 spiro atoms. The van der Waals surface area contributed by atoms with E-state index in [0.29, 0.717) is 6.42 Å². The number of nitrogens with zero attached hydrogens (tertiary/aromatic N) is 3. The minimum absolute atomic E-state index is 0.698. The maximum Gasteiger partial charge on any atom is 0.246 e. The molecule has 3 nitrogen and oxygen atoms in total. The van der Waals surface area contributed by atoms with E-state index in [2.05, 4.69) is 330 Å². The van der Waals surface area contributed by atoms with Crippen LogP contribution >= 0.6 is 0 Å². The summed E-state index contributed by atoms with van der Waals surface area (Å²) in [6.07, 6.45) is 16.2. The number of benzene rings is 10. The monoisotopic (exact) mass is 1140 g/mol. The highest BCUT2D eigenvalue weighted by Gasteiger charge is 2.62. The Kier molecular flexibility index (Phi) is 10.1. The quantitative estimate of drug-likeness (QED) is 0.156. The molecule has 2 unspecified atom stereocenters. The predicted octanol–water partition coefficient (Wildman–Crippen LogP) is 19.1. The lowest BCUT2D eigenvalue weighted by Crippen LogP contribution is -2.63. The molecule has 90 heavy (non-hydrogen) atoms. The zero-order valence-electron chi connectivity index (χ0n) is 49.5. The summed E-state index contributed by atoms with van der Waals surface area (Å²) in [7, 11) is 0. The van der Waals surface area contributed by atoms with Crippen molar-refractivity contribution >= 4 is 28.0 Å². The summed E-state index contributed by atoms with van der Waals surface area (Å²) >= 11 is 0. The van der Waals surface area contributed by atoms with Crippen LogP contribution in [0, 0.1) is 6.92 Å². The second kappa shape index (κ2) is 18.3. The van der Waals surface area contributed by atoms with Crippen molar-refractivity contribution in [3.63, 3.8) is 0 Å². The predicted molar refractivity (Wildman–Crippen MR) is 365 cm³/mol. The third-order valence-electron chi connectivity index (χ3n) is 20.9. The summed E-state index contributed by atoms with van der Waals surface area (Å²) < 4.78 is 8.00. The van der Waals surface area contributed by atoms with Crippen molar-refractivity contribution in [1.29, 1.82) is 0 Å². The molecular weight excluding hydrogens is 1090 g/mol. The van der Waals surface area contributed by atoms with E-state index in [0.717, 1.165) is 5.69 Å². The molecule has 7 aliphatic rings. The molecule has 10 bridgehead atoms. The second-order valence-electron chi connectivity index (χ2n) is 25.4. The number of hydrogen-bond acceptors (Lipinski definition) is 0. The van der Waals surface area contributed by atoms with Crippen LogP contribution in [0.1, 0.15) is 38.9 Å². The molecule has 6 heterocycles. The van der Waals surface area contributed by atoms with Crippen LogP contribution in [0.4, 0.5) is 0 Å². The number of aryl methyl sites for hydroxylation is 1. The molecular formula is C87H56N3+3. The van der Waals surface area contributed by atoms with Crippen LogP contribution in [-0.2, 0) is 17.5 Å². The minimum Gasteiger partial charge on any atom is -0.184 e. The van der Waals surface area contributed by atoms with E-state index >= 15 is 0 Å². The lowest BCUT2D eigenvalue weighted by atomic mass is 9.64. The Morgan fingerprint density at radius 3 is 1.40 bits per heavy atom. The average molecular weight is 1140 g/mol. The Morgan fingerprint density at radius 2 is 0.778 bits per heavy atom. The summed E-state index contributed by atoms with van der Waals surface area (Å²) in [4.78, 5) is 0. The van der Waals surface area contributed by atoms with Gasteiger partial charge in [-0.15, -0.1) is 0 Å². The van der Waals surface area contributed by atoms with Crippen LogP contribution in [0.5, 0.6) is 0 Å². The van der Waals surface area contributed by atoms with Gasteiger partial charge in [-0.3, -0.25) is 0 Å². The molecule has 2 atom stereocenters. The molecule has 416 valence electrons. The largest absolute Gasteiger partial charge is 0.246 e. The van der Waals surface area contributed by atoms with Gasteiger partial charge in [-0.25, -0.2) is 0 Å². The molecule has 3 aromatic heterocycles. The van der Waals surface area contributed by atoms with E-state index in [9.17, 15) is 0 Å². The zero-order valence-corrected chi connectivity index (χ0v) is 49.5. The fourth-order valence-electron chi connectivity index (χ4n) is 17.1. The molecule has 0 amide bonds. The smallest absolute Gasteiger partial charge is 0.184 e. The lowest BCUT2D eigenvalue weighted by Gasteiger charge is -2.41. The lowest BCUT2D eigenvalue weighted by molar-refractivity contribution is -0.730. The van der Waals surface area contributed by atoms with Crippen molar-refractivity contribution < 1.29 is 13.7 Å². The normalized spacial score (nSPS) is 19.1. The number of rotatable bonds is 4. The summed E-state index contributed by atoms with van der Waals surface area (Å²) in [6.45, 7) is 2.32. The molecule has 0 radical (unpaired) electrons. The maximum atomic E-state index is 2.82. The van der Waals surface area contributed by atoms with Crippen LogP contribution in [0.3, 0.4) is 0 Å². The average Bonchev–Trinajstić information content (AvgIpc) is 1.61. The molecule has 20 rings (SSSR count). The first-order chi connectivity index (χ1) is 44.5. The Morgan fingerprint density at radius 1 is 0.311 bits per heavy atom. The van der Waals surface area contributed by atoms with Crippen molar-refractivity contribution in [2.75, 3.05) is 0 Å². The van der Waals surface area contributed by atoms with Crippen molar-refractivity contribution in [3.05, 3.63) is 349 Å². The molecule has 10 aromatic carbocycles. The van der Waals surface area contributed by atoms with E-state index in [4.69, 9.17) is 0 Å². The molecule has 3 aliphatic heterocycles. The van der Waals surface area contributed by atoms with Gasteiger partial charge in [0.1, 0.15) is 5.57 Å². The zero-order chi connectivity index (χ0) is 59.0. The molecule has 0 N–H and O–H groups in total. The van der Waals surface area contributed by atoms with E-state index in [1.807, 2.05) is 0 Å². The van der Waals surface area contributed by atoms with Gasteiger partial charge < -0.3 is 0 Å². The molecule has 13 aromatic rings. The fraction of sp³-hybridized carbons (Fsp3) is 0.0460. The SMILES string of the molecule is Cc1cc2[n+](cc1-c1ccccc1)C13/C=C4/c5ccccc5-c5cc(c-2cc5-c2ccccc2)C1=C1c2cc(c(-c5ccccc5)cc2-c2cccc[n+]21)-c1ccccc1/C3=C/C1=C\C42Cc3cc(c(-c4ccccc4)cc3-c3cccc[n+]32)-c2ccccc21. The van der Waals surface area contributed by atoms with Gasteiger partial charge in [-0.1, -0.05) is 194 Å². The second-order valence-corrected chi connectivity index (χ2v) is 25.4. The van der Waals surface area contributed by atoms with Gasteiger partial charge in [-0.2, -0.15) is 13.7 Å². The molecule has 0 saturated carbocycles. The Hall–Kier alpha value is -11.4. The first kappa shape index (κ1) is 49.7. The van der Waals surface area contributed by atoms with Gasteiger partial charge in [0.25, 0.3) is 0 Å². The topological polar surface area (TPSA) is 11.6 Å². The number of pyridine rings is 3. The van der Waals surface area contributed by atoms with Crippen molar-refractivity contribution in [2.45, 2.75) is 24.4 Å². The fourth-order valence-corrected chi connectivity index (χ4v) is 17.1. The number of allylic oxidation sites excluding steroid dienone is 7. The highest BCUT2D eigenvalue weighted by atomic mass is 15.1. The van der Waals surface area contributed by atoms with E-state index in [1.165, 1.54) is 173 Å². The summed E-state index contributed by atoms with van der Waals surface area (Å²) in [6, 6.07) is 104. The molecule has 0 fully saturated rings. The Balaban J connectivity index is 1.08. The summed E-state index contributed by atoms with van der Waals surface area (Å²) in [5.41, 5.74) is 36.6. The van der Waals surface area contributed by atoms with Crippen molar-refractivity contribution in [2.24, 2.45) is 0 Å². The maximum absolute atomic E-state index is 2.82. The van der Waals surface area contributed by atoms with Gasteiger partial charge >= 0.3 is 0 Å². The molecule has 0 saturated heterocycles. The third-order valence-corrected chi connectivity index (χ3v) is 20.9. The third kappa shape index (κ3) is 6.65. The van der Waals surface area contributed by atoms with Gasteiger partial charge in [0, 0.05) is 65.1 Å². The standard InChI is InChI=1S/C87H56N3/c1-54-42-83-74-46-68(56-26-8-3-9-27-56)72-48-76(74)84-85-77-49-73(69(57-28-10-4-11-29-57)47-75(77)81-38-20-22-40-88(81)85)63-34-16-18-36-65(63)79-44-60-51-86(80(66-37-19-17-35-64(66)72)52-87(79,84)90(83)53-78(54)58-30-12-5-13-31-58)50-59-43-71(62-33-15-14-32-61(60)62)67(55-24-6-2-7-25-55)45-70(59)82-39-21-23-41-89(82)86/h2-49,51-53H,50H2,1H3/q+3/b60-51+,79-44-,80-52-,85-84?. The first-order valence-electron chi connectivity index (χ1n) is 31.6. The number of fused-ring (bicyclic) bond motifs is 19. The Labute approximate surface area is 523 Å². The van der Waals surface area contributed by atoms with Crippen molar-refractivity contribution in [1.82, 2.24) is 0 Å². The summed E-state index contributed by atoms with van der Waals surface area (Å²) in [5.74, 6) is 0. The van der Waals surface area contributed by atoms with Gasteiger partial charge in [0.05, 0.1) is 22.3 Å². The van der Waals surface area contributed by atoms with E-state index < -0.39 is 11.1 Å². The van der Waals surface area contributed by atoms with Gasteiger partial charge in [0.2, 0.25) is 33.9 Å². The number of hydrogen-bond donors (Lipinski definition) is 0. The van der Waals surface area contributed by atoms with Crippen molar-refractivity contribution in [3.8, 4) is 112 Å². The van der Waals surface area contributed by atoms with Crippen LogP contribution in [0.25, 0.3) is 140 Å². The van der Waals surface area contributed by atoms with E-state index in [1.54, 1.807) is 0 Å².